The minimum atomic E-state index is -0.239. The van der Waals surface area contributed by atoms with Crippen LogP contribution >= 0.6 is 0 Å². The van der Waals surface area contributed by atoms with Crippen molar-refractivity contribution in [3.05, 3.63) is 41.2 Å². The van der Waals surface area contributed by atoms with Gasteiger partial charge in [-0.15, -0.1) is 0 Å². The van der Waals surface area contributed by atoms with Gasteiger partial charge in [0, 0.05) is 42.8 Å². The predicted octanol–water partition coefficient (Wildman–Crippen LogP) is 4.06. The molecule has 0 saturated carbocycles. The molecule has 0 aromatic carbocycles. The molecule has 2 saturated heterocycles. The summed E-state index contributed by atoms with van der Waals surface area (Å²) >= 11 is 0. The molecule has 4 aromatic rings. The molecule has 8 nitrogen and oxygen atoms in total. The van der Waals surface area contributed by atoms with E-state index in [1.165, 1.54) is 0 Å². The monoisotopic (exact) mass is 477 g/mol. The second kappa shape index (κ2) is 8.27. The number of hydrogen-bond acceptors (Lipinski definition) is 6. The summed E-state index contributed by atoms with van der Waals surface area (Å²) in [5.41, 5.74) is 6.64. The van der Waals surface area contributed by atoms with Crippen molar-refractivity contribution in [3.8, 4) is 11.3 Å². The Hall–Kier alpha value is -3.04. The summed E-state index contributed by atoms with van der Waals surface area (Å²) in [4.78, 5) is 17.1. The Balaban J connectivity index is 1.46. The van der Waals surface area contributed by atoms with Crippen molar-refractivity contribution in [1.82, 2.24) is 29.5 Å². The number of nitrogens with zero attached hydrogens (tertiary/aromatic N) is 6. The van der Waals surface area contributed by atoms with E-state index in [1.54, 1.807) is 17.0 Å². The number of aryl methyl sites for hydroxylation is 1. The van der Waals surface area contributed by atoms with Crippen molar-refractivity contribution >= 4 is 22.4 Å². The molecule has 0 unspecified atom stereocenters. The molecule has 6 heterocycles. The third kappa shape index (κ3) is 3.43. The minimum absolute atomic E-state index is 0.113. The lowest BCUT2D eigenvalue weighted by Crippen LogP contribution is -2.59. The molecule has 2 aliphatic rings. The maximum absolute atomic E-state index is 16.3. The first kappa shape index (κ1) is 22.4. The smallest absolute Gasteiger partial charge is 0.175 e. The van der Waals surface area contributed by atoms with Gasteiger partial charge in [0.2, 0.25) is 0 Å². The highest BCUT2D eigenvalue weighted by molar-refractivity contribution is 5.94. The average molecular weight is 478 g/mol. The zero-order valence-corrected chi connectivity index (χ0v) is 21.0. The van der Waals surface area contributed by atoms with Gasteiger partial charge in [0.1, 0.15) is 6.33 Å². The molecular weight excluding hydrogens is 445 g/mol. The van der Waals surface area contributed by atoms with Gasteiger partial charge in [0.15, 0.2) is 17.3 Å². The SMILES string of the molecule is Cc1c(-c2[nH]c3cnc(N4CCN(C5COC5)C[C@H]4C)c(F)c3c2C(C)C)cn2ncnc2c1C. The Bertz CT molecular complexity index is 1420. The van der Waals surface area contributed by atoms with Crippen LogP contribution in [0.4, 0.5) is 10.2 Å². The second-order valence-electron chi connectivity index (χ2n) is 10.3. The van der Waals surface area contributed by atoms with Crippen LogP contribution in [-0.2, 0) is 4.74 Å². The summed E-state index contributed by atoms with van der Waals surface area (Å²) in [6.45, 7) is 14.7. The standard InChI is InChI=1S/C26H32FN7O/c1-14(2)21-22-20(31-24(21)19-10-34-25(29-13-30-34)17(5)16(19)4)8-28-26(23(22)27)33-7-6-32(9-15(33)3)18-11-35-12-18/h8,10,13-15,18,31H,6-7,9,11-12H2,1-5H3/t15-/m1/s1. The molecule has 0 aliphatic carbocycles. The second-order valence-corrected chi connectivity index (χ2v) is 10.3. The van der Waals surface area contributed by atoms with E-state index in [-0.39, 0.29) is 17.8 Å². The van der Waals surface area contributed by atoms with Crippen LogP contribution < -0.4 is 4.90 Å². The molecule has 9 heteroatoms. The lowest BCUT2D eigenvalue weighted by atomic mass is 9.94. The van der Waals surface area contributed by atoms with Crippen LogP contribution in [0.2, 0.25) is 0 Å². The third-order valence-electron chi connectivity index (χ3n) is 7.84. The number of anilines is 1. The summed E-state index contributed by atoms with van der Waals surface area (Å²) in [6, 6.07) is 0.665. The van der Waals surface area contributed by atoms with Crippen molar-refractivity contribution in [3.63, 3.8) is 0 Å². The van der Waals surface area contributed by atoms with Crippen molar-refractivity contribution in [2.45, 2.75) is 52.6 Å². The molecule has 0 amide bonds. The highest BCUT2D eigenvalue weighted by atomic mass is 19.1. The fourth-order valence-corrected chi connectivity index (χ4v) is 5.67. The van der Waals surface area contributed by atoms with E-state index < -0.39 is 0 Å². The largest absolute Gasteiger partial charge is 0.378 e. The molecule has 4 aromatic heterocycles. The molecule has 184 valence electrons. The maximum Gasteiger partial charge on any atom is 0.175 e. The van der Waals surface area contributed by atoms with Crippen LogP contribution in [0.3, 0.4) is 0 Å². The van der Waals surface area contributed by atoms with E-state index in [0.29, 0.717) is 17.2 Å². The van der Waals surface area contributed by atoms with Gasteiger partial charge in [-0.1, -0.05) is 13.8 Å². The van der Waals surface area contributed by atoms with Crippen LogP contribution in [0.15, 0.2) is 18.7 Å². The molecular formula is C26H32FN7O. The number of ether oxygens (including phenoxy) is 1. The van der Waals surface area contributed by atoms with E-state index in [9.17, 15) is 0 Å². The van der Waals surface area contributed by atoms with E-state index in [4.69, 9.17) is 4.74 Å². The number of fused-ring (bicyclic) bond motifs is 2. The number of aromatic nitrogens is 5. The minimum Gasteiger partial charge on any atom is -0.378 e. The Morgan fingerprint density at radius 1 is 1.14 bits per heavy atom. The van der Waals surface area contributed by atoms with Crippen LogP contribution in [-0.4, -0.2) is 74.4 Å². The number of hydrogen-bond donors (Lipinski definition) is 1. The number of H-pyrrole nitrogens is 1. The molecule has 0 radical (unpaired) electrons. The van der Waals surface area contributed by atoms with E-state index in [1.807, 2.05) is 6.20 Å². The van der Waals surface area contributed by atoms with Gasteiger partial charge in [0.25, 0.3) is 0 Å². The Kier molecular flexibility index (Phi) is 5.30. The van der Waals surface area contributed by atoms with Crippen molar-refractivity contribution in [1.29, 1.82) is 0 Å². The zero-order valence-electron chi connectivity index (χ0n) is 21.0. The molecule has 6 rings (SSSR count). The summed E-state index contributed by atoms with van der Waals surface area (Å²) < 4.78 is 23.5. The first-order valence-corrected chi connectivity index (χ1v) is 12.4. The van der Waals surface area contributed by atoms with Gasteiger partial charge < -0.3 is 14.6 Å². The van der Waals surface area contributed by atoms with Crippen LogP contribution in [0.25, 0.3) is 27.8 Å². The van der Waals surface area contributed by atoms with Gasteiger partial charge in [-0.05, 0) is 43.4 Å². The molecule has 0 spiro atoms. The molecule has 0 bridgehead atoms. The van der Waals surface area contributed by atoms with Crippen molar-refractivity contribution in [2.75, 3.05) is 37.7 Å². The topological polar surface area (TPSA) is 74.6 Å². The molecule has 35 heavy (non-hydrogen) atoms. The lowest BCUT2D eigenvalue weighted by molar-refractivity contribution is -0.0692. The Labute approximate surface area is 204 Å². The van der Waals surface area contributed by atoms with E-state index >= 15 is 4.39 Å². The Morgan fingerprint density at radius 3 is 2.63 bits per heavy atom. The van der Waals surface area contributed by atoms with Gasteiger partial charge in [-0.25, -0.2) is 18.9 Å². The normalized spacial score (nSPS) is 19.9. The highest BCUT2D eigenvalue weighted by Gasteiger charge is 2.34. The number of pyridine rings is 2. The fraction of sp³-hybridized carbons (Fsp3) is 0.500. The van der Waals surface area contributed by atoms with Crippen molar-refractivity contribution in [2.24, 2.45) is 0 Å². The predicted molar refractivity (Wildman–Crippen MR) is 135 cm³/mol. The molecule has 1 N–H and O–H groups in total. The van der Waals surface area contributed by atoms with Gasteiger partial charge in [-0.2, -0.15) is 5.10 Å². The summed E-state index contributed by atoms with van der Waals surface area (Å²) in [5, 5.41) is 4.99. The first-order valence-electron chi connectivity index (χ1n) is 12.4. The van der Waals surface area contributed by atoms with Crippen LogP contribution in [0, 0.1) is 19.7 Å². The summed E-state index contributed by atoms with van der Waals surface area (Å²) in [5.74, 6) is 0.321. The zero-order chi connectivity index (χ0) is 24.4. The number of nitrogens with one attached hydrogen (secondary N) is 1. The first-order chi connectivity index (χ1) is 16.8. The van der Waals surface area contributed by atoms with Gasteiger partial charge in [-0.3, -0.25) is 4.90 Å². The third-order valence-corrected chi connectivity index (χ3v) is 7.84. The van der Waals surface area contributed by atoms with E-state index in [0.717, 1.165) is 72.0 Å². The molecule has 2 fully saturated rings. The molecule has 2 aliphatic heterocycles. The number of piperazine rings is 1. The number of aromatic amines is 1. The van der Waals surface area contributed by atoms with Crippen LogP contribution in [0.1, 0.15) is 43.4 Å². The fourth-order valence-electron chi connectivity index (χ4n) is 5.67. The van der Waals surface area contributed by atoms with E-state index in [2.05, 4.69) is 64.5 Å². The summed E-state index contributed by atoms with van der Waals surface area (Å²) in [7, 11) is 0. The maximum atomic E-state index is 16.3. The average Bonchev–Trinajstić information content (AvgIpc) is 3.41. The molecule has 1 atom stereocenters. The van der Waals surface area contributed by atoms with Gasteiger partial charge >= 0.3 is 0 Å². The summed E-state index contributed by atoms with van der Waals surface area (Å²) in [6.07, 6.45) is 5.34. The number of rotatable bonds is 4. The van der Waals surface area contributed by atoms with Gasteiger partial charge in [0.05, 0.1) is 36.7 Å². The van der Waals surface area contributed by atoms with Crippen LogP contribution in [0.5, 0.6) is 0 Å². The lowest BCUT2D eigenvalue weighted by Gasteiger charge is -2.46. The Morgan fingerprint density at radius 2 is 1.94 bits per heavy atom. The number of halogens is 1. The quantitative estimate of drug-likeness (QED) is 0.478. The highest BCUT2D eigenvalue weighted by Crippen LogP contribution is 2.40. The van der Waals surface area contributed by atoms with Crippen molar-refractivity contribution < 1.29 is 9.13 Å².